The molecule has 2 aromatic rings. The van der Waals surface area contributed by atoms with E-state index in [-0.39, 0.29) is 17.2 Å². The summed E-state index contributed by atoms with van der Waals surface area (Å²) in [5.41, 5.74) is 4.59. The molecule has 0 saturated heterocycles. The molecule has 9 heteroatoms. The van der Waals surface area contributed by atoms with Crippen LogP contribution < -0.4 is 11.1 Å². The molecule has 0 spiro atoms. The van der Waals surface area contributed by atoms with E-state index in [4.69, 9.17) is 5.73 Å². The number of anilines is 2. The summed E-state index contributed by atoms with van der Waals surface area (Å²) in [6.07, 6.45) is -2.61. The molecule has 0 aliphatic carbocycles. The van der Waals surface area contributed by atoms with Crippen LogP contribution in [-0.4, -0.2) is 21.1 Å². The first kappa shape index (κ1) is 12.9. The lowest BCUT2D eigenvalue weighted by atomic mass is 10.2. The molecule has 100 valence electrons. The second kappa shape index (κ2) is 4.59. The number of hydrogen-bond acceptors (Lipinski definition) is 4. The van der Waals surface area contributed by atoms with Crippen molar-refractivity contribution in [3.63, 3.8) is 0 Å². The van der Waals surface area contributed by atoms with E-state index in [9.17, 15) is 18.0 Å². The van der Waals surface area contributed by atoms with Crippen LogP contribution in [0.2, 0.25) is 0 Å². The minimum Gasteiger partial charge on any atom is -0.394 e. The van der Waals surface area contributed by atoms with Gasteiger partial charge in [-0.1, -0.05) is 0 Å². The highest BCUT2D eigenvalue weighted by Gasteiger charge is 2.30. The van der Waals surface area contributed by atoms with E-state index in [0.29, 0.717) is 6.20 Å². The number of pyridine rings is 1. The minimum atomic E-state index is -4.49. The zero-order valence-corrected chi connectivity index (χ0v) is 9.32. The van der Waals surface area contributed by atoms with Crippen molar-refractivity contribution in [2.45, 2.75) is 6.18 Å². The summed E-state index contributed by atoms with van der Waals surface area (Å²) in [4.78, 5) is 15.1. The van der Waals surface area contributed by atoms with Gasteiger partial charge in [-0.15, -0.1) is 0 Å². The van der Waals surface area contributed by atoms with Crippen molar-refractivity contribution < 1.29 is 18.0 Å². The molecule has 0 saturated carbocycles. The molecule has 1 amide bonds. The second-order valence-corrected chi connectivity index (χ2v) is 3.58. The maximum Gasteiger partial charge on any atom is 0.417 e. The van der Waals surface area contributed by atoms with Gasteiger partial charge in [-0.2, -0.15) is 18.3 Å². The minimum absolute atomic E-state index is 0.159. The Bertz CT molecular complexity index is 590. The topological polar surface area (TPSA) is 96.7 Å². The van der Waals surface area contributed by atoms with Gasteiger partial charge in [-0.05, 0) is 12.1 Å². The van der Waals surface area contributed by atoms with E-state index in [1.165, 1.54) is 6.20 Å². The third-order valence-corrected chi connectivity index (χ3v) is 2.23. The number of amides is 1. The lowest BCUT2D eigenvalue weighted by molar-refractivity contribution is -0.137. The quantitative estimate of drug-likeness (QED) is 0.773. The Hall–Kier alpha value is -2.58. The zero-order chi connectivity index (χ0) is 14.0. The van der Waals surface area contributed by atoms with E-state index in [0.717, 1.165) is 12.1 Å². The molecule has 0 aliphatic rings. The van der Waals surface area contributed by atoms with Crippen LogP contribution in [0.15, 0.2) is 24.5 Å². The molecule has 0 aromatic carbocycles. The van der Waals surface area contributed by atoms with Gasteiger partial charge in [0, 0.05) is 6.20 Å². The number of nitrogens with one attached hydrogen (secondary N) is 2. The van der Waals surface area contributed by atoms with E-state index in [1.54, 1.807) is 0 Å². The maximum atomic E-state index is 12.3. The average molecular weight is 271 g/mol. The van der Waals surface area contributed by atoms with Crippen molar-refractivity contribution in [3.8, 4) is 0 Å². The van der Waals surface area contributed by atoms with Gasteiger partial charge in [0.1, 0.15) is 5.69 Å². The number of aromatic nitrogens is 3. The van der Waals surface area contributed by atoms with Crippen molar-refractivity contribution in [2.24, 2.45) is 0 Å². The number of H-pyrrole nitrogens is 1. The van der Waals surface area contributed by atoms with Gasteiger partial charge in [0.05, 0.1) is 17.4 Å². The molecular weight excluding hydrogens is 263 g/mol. The van der Waals surface area contributed by atoms with Crippen LogP contribution in [0.4, 0.5) is 24.7 Å². The zero-order valence-electron chi connectivity index (χ0n) is 9.32. The Morgan fingerprint density at radius 2 is 2.05 bits per heavy atom. The molecule has 0 fully saturated rings. The first-order chi connectivity index (χ1) is 8.88. The second-order valence-electron chi connectivity index (χ2n) is 3.58. The number of carbonyl (C=O) groups excluding carboxylic acids is 1. The molecular formula is C10H8F3N5O. The predicted molar refractivity (Wildman–Crippen MR) is 60.2 cm³/mol. The van der Waals surface area contributed by atoms with Gasteiger partial charge in [0.25, 0.3) is 5.91 Å². The van der Waals surface area contributed by atoms with Crippen molar-refractivity contribution in [1.29, 1.82) is 0 Å². The number of aromatic amines is 1. The molecule has 0 atom stereocenters. The molecule has 6 nitrogen and oxygen atoms in total. The number of halogens is 3. The highest BCUT2D eigenvalue weighted by atomic mass is 19.4. The number of rotatable bonds is 2. The summed E-state index contributed by atoms with van der Waals surface area (Å²) in [7, 11) is 0. The summed E-state index contributed by atoms with van der Waals surface area (Å²) in [5.74, 6) is -0.531. The summed E-state index contributed by atoms with van der Waals surface area (Å²) in [6.45, 7) is 0. The first-order valence-electron chi connectivity index (χ1n) is 5.01. The maximum absolute atomic E-state index is 12.3. The average Bonchev–Trinajstić information content (AvgIpc) is 2.74. The van der Waals surface area contributed by atoms with Crippen molar-refractivity contribution >= 4 is 17.4 Å². The number of alkyl halides is 3. The van der Waals surface area contributed by atoms with Gasteiger partial charge in [0.15, 0.2) is 5.82 Å². The smallest absolute Gasteiger partial charge is 0.394 e. The fourth-order valence-corrected chi connectivity index (χ4v) is 1.27. The van der Waals surface area contributed by atoms with E-state index in [2.05, 4.69) is 20.5 Å². The number of nitrogen functional groups attached to an aromatic ring is 1. The SMILES string of the molecule is Nc1cn[nH]c1NC(=O)c1ccc(C(F)(F)F)cn1. The Morgan fingerprint density at radius 1 is 1.32 bits per heavy atom. The van der Waals surface area contributed by atoms with E-state index < -0.39 is 17.6 Å². The standard InChI is InChI=1S/C10H8F3N5O/c11-10(12,13)5-1-2-7(15-3-5)9(19)17-8-6(14)4-16-18-8/h1-4H,14H2,(H2,16,17,18,19). The largest absolute Gasteiger partial charge is 0.417 e. The number of nitrogens with two attached hydrogens (primary N) is 1. The molecule has 0 bridgehead atoms. The summed E-state index contributed by atoms with van der Waals surface area (Å²) >= 11 is 0. The molecule has 2 rings (SSSR count). The van der Waals surface area contributed by atoms with Crippen molar-refractivity contribution in [2.75, 3.05) is 11.1 Å². The fourth-order valence-electron chi connectivity index (χ4n) is 1.27. The summed E-state index contributed by atoms with van der Waals surface area (Å²) in [5, 5.41) is 8.35. The van der Waals surface area contributed by atoms with Gasteiger partial charge < -0.3 is 11.1 Å². The highest BCUT2D eigenvalue weighted by Crippen LogP contribution is 2.28. The fraction of sp³-hybridized carbons (Fsp3) is 0.100. The number of hydrogen-bond donors (Lipinski definition) is 3. The van der Waals surface area contributed by atoms with Gasteiger partial charge in [-0.25, -0.2) is 0 Å². The molecule has 0 aliphatic heterocycles. The molecule has 4 N–H and O–H groups in total. The number of nitrogens with zero attached hydrogens (tertiary/aromatic N) is 2. The Labute approximate surface area is 104 Å². The summed E-state index contributed by atoms with van der Waals surface area (Å²) < 4.78 is 36.9. The van der Waals surface area contributed by atoms with Gasteiger partial charge >= 0.3 is 6.18 Å². The van der Waals surface area contributed by atoms with E-state index >= 15 is 0 Å². The van der Waals surface area contributed by atoms with Crippen molar-refractivity contribution in [1.82, 2.24) is 15.2 Å². The molecule has 0 radical (unpaired) electrons. The van der Waals surface area contributed by atoms with Crippen LogP contribution in [0, 0.1) is 0 Å². The highest BCUT2D eigenvalue weighted by molar-refractivity contribution is 6.03. The summed E-state index contributed by atoms with van der Waals surface area (Å²) in [6, 6.07) is 1.75. The first-order valence-corrected chi connectivity index (χ1v) is 5.01. The van der Waals surface area contributed by atoms with Crippen LogP contribution >= 0.6 is 0 Å². The third kappa shape index (κ3) is 2.81. The lowest BCUT2D eigenvalue weighted by Gasteiger charge is -2.07. The molecule has 2 heterocycles. The van der Waals surface area contributed by atoms with Crippen LogP contribution in [-0.2, 0) is 6.18 Å². The Kier molecular flexibility index (Phi) is 3.11. The lowest BCUT2D eigenvalue weighted by Crippen LogP contribution is -2.15. The molecule has 19 heavy (non-hydrogen) atoms. The monoisotopic (exact) mass is 271 g/mol. The van der Waals surface area contributed by atoms with Crippen LogP contribution in [0.3, 0.4) is 0 Å². The Balaban J connectivity index is 2.14. The number of carbonyl (C=O) groups is 1. The molecule has 2 aromatic heterocycles. The van der Waals surface area contributed by atoms with Crippen molar-refractivity contribution in [3.05, 3.63) is 35.8 Å². The van der Waals surface area contributed by atoms with Crippen LogP contribution in [0.5, 0.6) is 0 Å². The van der Waals surface area contributed by atoms with Gasteiger partial charge in [-0.3, -0.25) is 14.9 Å². The van der Waals surface area contributed by atoms with E-state index in [1.807, 2.05) is 0 Å². The van der Waals surface area contributed by atoms with Crippen LogP contribution in [0.25, 0.3) is 0 Å². The predicted octanol–water partition coefficient (Wildman–Crippen LogP) is 1.66. The Morgan fingerprint density at radius 3 is 2.53 bits per heavy atom. The normalized spacial score (nSPS) is 11.3. The molecule has 0 unspecified atom stereocenters. The third-order valence-electron chi connectivity index (χ3n) is 2.23. The van der Waals surface area contributed by atoms with Gasteiger partial charge in [0.2, 0.25) is 0 Å². The van der Waals surface area contributed by atoms with Crippen LogP contribution in [0.1, 0.15) is 16.1 Å².